The first kappa shape index (κ1) is 22.2. The maximum absolute atomic E-state index is 12.9. The molecule has 1 amide bonds. The maximum Gasteiger partial charge on any atom is 0.246 e. The Hall–Kier alpha value is -3.01. The lowest BCUT2D eigenvalue weighted by atomic mass is 9.94. The third-order valence-electron chi connectivity index (χ3n) is 6.44. The van der Waals surface area contributed by atoms with Crippen LogP contribution in [0.2, 0.25) is 0 Å². The summed E-state index contributed by atoms with van der Waals surface area (Å²) in [4.78, 5) is 14.9. The molecule has 1 aliphatic heterocycles. The molecule has 4 nitrogen and oxygen atoms in total. The van der Waals surface area contributed by atoms with Crippen LogP contribution in [0.1, 0.15) is 55.4 Å². The molecule has 2 aromatic carbocycles. The molecule has 1 saturated heterocycles. The van der Waals surface area contributed by atoms with Crippen molar-refractivity contribution in [2.75, 3.05) is 19.7 Å². The van der Waals surface area contributed by atoms with Gasteiger partial charge in [-0.2, -0.15) is 0 Å². The van der Waals surface area contributed by atoms with Crippen molar-refractivity contribution in [1.82, 2.24) is 4.90 Å². The summed E-state index contributed by atoms with van der Waals surface area (Å²) in [5.74, 6) is 0.880. The smallest absolute Gasteiger partial charge is 0.246 e. The zero-order valence-corrected chi connectivity index (χ0v) is 19.9. The first-order valence-corrected chi connectivity index (χ1v) is 11.6. The molecule has 32 heavy (non-hydrogen) atoms. The van der Waals surface area contributed by atoms with Crippen molar-refractivity contribution in [3.8, 4) is 16.9 Å². The molecular weight excluding hydrogens is 398 g/mol. The number of allylic oxidation sites excluding steroid dienone is 1. The zero-order chi connectivity index (χ0) is 22.8. The van der Waals surface area contributed by atoms with E-state index >= 15 is 0 Å². The van der Waals surface area contributed by atoms with Crippen LogP contribution < -0.4 is 4.74 Å². The summed E-state index contributed by atoms with van der Waals surface area (Å²) in [5.41, 5.74) is 8.36. The number of aryl methyl sites for hydroxylation is 3. The number of likely N-dealkylation sites (tertiary alicyclic amines) is 1. The summed E-state index contributed by atoms with van der Waals surface area (Å²) >= 11 is 0. The fourth-order valence-electron chi connectivity index (χ4n) is 4.73. The molecule has 0 spiro atoms. The Kier molecular flexibility index (Phi) is 6.40. The normalized spacial score (nSPS) is 14.8. The number of carbonyl (C=O) groups excluding carboxylic acids is 1. The van der Waals surface area contributed by atoms with Crippen molar-refractivity contribution in [2.24, 2.45) is 0 Å². The van der Waals surface area contributed by atoms with Crippen LogP contribution in [-0.2, 0) is 4.79 Å². The number of carbonyl (C=O) groups is 1. The quantitative estimate of drug-likeness (QED) is 0.415. The van der Waals surface area contributed by atoms with E-state index in [2.05, 4.69) is 38.1 Å². The van der Waals surface area contributed by atoms with Gasteiger partial charge in [-0.05, 0) is 76.6 Å². The summed E-state index contributed by atoms with van der Waals surface area (Å²) in [7, 11) is 0. The van der Waals surface area contributed by atoms with Crippen molar-refractivity contribution >= 4 is 22.4 Å². The lowest BCUT2D eigenvalue weighted by Gasteiger charge is -2.25. The van der Waals surface area contributed by atoms with Gasteiger partial charge in [-0.25, -0.2) is 0 Å². The molecule has 0 unspecified atom stereocenters. The van der Waals surface area contributed by atoms with Crippen LogP contribution >= 0.6 is 0 Å². The summed E-state index contributed by atoms with van der Waals surface area (Å²) in [6.07, 6.45) is 6.99. The Morgan fingerprint density at radius 2 is 1.84 bits per heavy atom. The van der Waals surface area contributed by atoms with E-state index in [9.17, 15) is 4.79 Å². The number of hydrogen-bond donors (Lipinski definition) is 0. The molecule has 0 aliphatic carbocycles. The number of piperidine rings is 1. The van der Waals surface area contributed by atoms with Crippen molar-refractivity contribution in [1.29, 1.82) is 0 Å². The number of fused-ring (bicyclic) bond motifs is 1. The number of benzene rings is 2. The minimum absolute atomic E-state index is 0.0872. The summed E-state index contributed by atoms with van der Waals surface area (Å²) < 4.78 is 12.1. The maximum atomic E-state index is 12.9. The molecular formula is C28H33NO3. The number of rotatable bonds is 5. The average molecular weight is 432 g/mol. The van der Waals surface area contributed by atoms with Gasteiger partial charge in [0.25, 0.3) is 0 Å². The van der Waals surface area contributed by atoms with E-state index in [-0.39, 0.29) is 5.91 Å². The Bertz CT molecular complexity index is 1180. The van der Waals surface area contributed by atoms with Gasteiger partial charge in [-0.3, -0.25) is 4.79 Å². The second kappa shape index (κ2) is 9.23. The molecule has 0 saturated carbocycles. The predicted octanol–water partition coefficient (Wildman–Crippen LogP) is 6.84. The van der Waals surface area contributed by atoms with Crippen LogP contribution in [0.25, 0.3) is 27.7 Å². The van der Waals surface area contributed by atoms with Gasteiger partial charge in [0.05, 0.1) is 12.9 Å². The number of furan rings is 1. The van der Waals surface area contributed by atoms with Gasteiger partial charge < -0.3 is 14.1 Å². The van der Waals surface area contributed by atoms with Gasteiger partial charge in [0, 0.05) is 41.2 Å². The first-order chi connectivity index (χ1) is 15.4. The predicted molar refractivity (Wildman–Crippen MR) is 131 cm³/mol. The second-order valence-electron chi connectivity index (χ2n) is 8.87. The second-order valence-corrected chi connectivity index (χ2v) is 8.87. The molecule has 3 aromatic rings. The highest BCUT2D eigenvalue weighted by molar-refractivity contribution is 6.02. The van der Waals surface area contributed by atoms with Crippen molar-refractivity contribution in [3.05, 3.63) is 58.9 Å². The minimum Gasteiger partial charge on any atom is -0.493 e. The van der Waals surface area contributed by atoms with Gasteiger partial charge in [0.15, 0.2) is 0 Å². The number of nitrogens with zero attached hydrogens (tertiary/aromatic N) is 1. The van der Waals surface area contributed by atoms with Crippen LogP contribution in [0, 0.1) is 20.8 Å². The van der Waals surface area contributed by atoms with Crippen molar-refractivity contribution in [2.45, 2.75) is 53.9 Å². The monoisotopic (exact) mass is 431 g/mol. The molecule has 2 heterocycles. The Labute approximate surface area is 190 Å². The molecule has 1 aromatic heterocycles. The van der Waals surface area contributed by atoms with Gasteiger partial charge in [-0.1, -0.05) is 23.8 Å². The Morgan fingerprint density at radius 1 is 1.09 bits per heavy atom. The molecule has 0 atom stereocenters. The van der Waals surface area contributed by atoms with E-state index in [0.29, 0.717) is 6.61 Å². The Balaban J connectivity index is 1.84. The lowest BCUT2D eigenvalue weighted by molar-refractivity contribution is -0.126. The molecule has 1 fully saturated rings. The molecule has 1 aliphatic rings. The molecule has 0 N–H and O–H groups in total. The van der Waals surface area contributed by atoms with Crippen LogP contribution in [-0.4, -0.2) is 30.5 Å². The van der Waals surface area contributed by atoms with Gasteiger partial charge in [-0.15, -0.1) is 0 Å². The van der Waals surface area contributed by atoms with Crippen LogP contribution in [0.3, 0.4) is 0 Å². The Morgan fingerprint density at radius 3 is 2.53 bits per heavy atom. The standard InChI is InChI=1S/C28H33NO3/c1-6-31-27-21(5)28-24(25(17-32-28)22-11-10-18(2)14-19(22)3)16-23(27)20(4)15-26(30)29-12-8-7-9-13-29/h10-11,14-17H,6-9,12-13H2,1-5H3/b20-15+. The van der Waals surface area contributed by atoms with Crippen LogP contribution in [0.4, 0.5) is 0 Å². The lowest BCUT2D eigenvalue weighted by Crippen LogP contribution is -2.34. The molecule has 4 rings (SSSR count). The highest BCUT2D eigenvalue weighted by atomic mass is 16.5. The largest absolute Gasteiger partial charge is 0.493 e. The fourth-order valence-corrected chi connectivity index (χ4v) is 4.73. The fraction of sp³-hybridized carbons (Fsp3) is 0.393. The number of amides is 1. The van der Waals surface area contributed by atoms with E-state index in [4.69, 9.17) is 9.15 Å². The minimum atomic E-state index is 0.0872. The third-order valence-corrected chi connectivity index (χ3v) is 6.44. The van der Waals surface area contributed by atoms with E-state index in [1.54, 1.807) is 6.08 Å². The van der Waals surface area contributed by atoms with E-state index in [1.165, 1.54) is 17.5 Å². The van der Waals surface area contributed by atoms with E-state index in [0.717, 1.165) is 70.5 Å². The highest BCUT2D eigenvalue weighted by Crippen LogP contribution is 2.41. The molecule has 0 bridgehead atoms. The molecule has 168 valence electrons. The van der Waals surface area contributed by atoms with Gasteiger partial charge in [0.2, 0.25) is 5.91 Å². The average Bonchev–Trinajstić information content (AvgIpc) is 3.20. The van der Waals surface area contributed by atoms with Gasteiger partial charge >= 0.3 is 0 Å². The van der Waals surface area contributed by atoms with Crippen LogP contribution in [0.5, 0.6) is 5.75 Å². The van der Waals surface area contributed by atoms with E-state index < -0.39 is 0 Å². The SMILES string of the molecule is CCOc1c(/C(C)=C/C(=O)N2CCCCC2)cc2c(-c3ccc(C)cc3C)coc2c1C. The zero-order valence-electron chi connectivity index (χ0n) is 19.9. The van der Waals surface area contributed by atoms with Crippen molar-refractivity contribution < 1.29 is 13.9 Å². The summed E-state index contributed by atoms with van der Waals surface area (Å²) in [5, 5.41) is 1.05. The summed E-state index contributed by atoms with van der Waals surface area (Å²) in [6, 6.07) is 8.61. The van der Waals surface area contributed by atoms with Gasteiger partial charge in [0.1, 0.15) is 11.3 Å². The first-order valence-electron chi connectivity index (χ1n) is 11.6. The van der Waals surface area contributed by atoms with E-state index in [1.807, 2.05) is 31.9 Å². The molecule has 0 radical (unpaired) electrons. The topological polar surface area (TPSA) is 42.7 Å². The third kappa shape index (κ3) is 4.19. The molecule has 4 heteroatoms. The highest BCUT2D eigenvalue weighted by Gasteiger charge is 2.21. The number of ether oxygens (including phenoxy) is 1. The van der Waals surface area contributed by atoms with Crippen molar-refractivity contribution in [3.63, 3.8) is 0 Å². The summed E-state index contributed by atoms with van der Waals surface area (Å²) in [6.45, 7) is 12.5. The van der Waals surface area contributed by atoms with Crippen LogP contribution in [0.15, 0.2) is 41.0 Å². The number of hydrogen-bond acceptors (Lipinski definition) is 3.